The first kappa shape index (κ1) is 55.3. The fourth-order valence-electron chi connectivity index (χ4n) is 5.10. The van der Waals surface area contributed by atoms with E-state index in [9.17, 15) is 38.0 Å². The molecular formula is C37H74N2O14P3-3. The lowest BCUT2D eigenvalue weighted by atomic mass is 9.89. The van der Waals surface area contributed by atoms with Gasteiger partial charge in [0.05, 0.1) is 32.0 Å². The van der Waals surface area contributed by atoms with E-state index in [4.69, 9.17) is 27.1 Å². The Balaban J connectivity index is 4.57. The molecule has 0 aliphatic carbocycles. The number of phosphoric acid groups is 3. The predicted molar refractivity (Wildman–Crippen MR) is 211 cm³/mol. The molecule has 0 aromatic rings. The van der Waals surface area contributed by atoms with E-state index >= 15 is 0 Å². The summed E-state index contributed by atoms with van der Waals surface area (Å²) in [5.41, 5.74) is -0.700. The molecule has 2 N–H and O–H groups in total. The third-order valence-electron chi connectivity index (χ3n) is 7.95. The van der Waals surface area contributed by atoms with Gasteiger partial charge in [0.1, 0.15) is 6.10 Å². The monoisotopic (exact) mass is 863 g/mol. The summed E-state index contributed by atoms with van der Waals surface area (Å²) < 4.78 is 66.4. The number of carbonyl (C=O) groups is 2. The average Bonchev–Trinajstić information content (AvgIpc) is 3.03. The minimum atomic E-state index is -5.08. The Kier molecular flexibility index (Phi) is 27.6. The molecule has 19 heteroatoms. The normalized spacial score (nSPS) is 16.4. The van der Waals surface area contributed by atoms with E-state index in [1.54, 1.807) is 0 Å². The Morgan fingerprint density at radius 1 is 0.518 bits per heavy atom. The number of hydrogen-bond donors (Lipinski definition) is 2. The van der Waals surface area contributed by atoms with Crippen LogP contribution in [-0.2, 0) is 50.4 Å². The van der Waals surface area contributed by atoms with Gasteiger partial charge in [0.25, 0.3) is 23.5 Å². The van der Waals surface area contributed by atoms with Crippen LogP contribution in [0.25, 0.3) is 0 Å². The fraction of sp³-hybridized carbons (Fsp3) is 0.946. The van der Waals surface area contributed by atoms with Crippen LogP contribution in [0.2, 0.25) is 0 Å². The summed E-state index contributed by atoms with van der Waals surface area (Å²) in [6.07, 6.45) is 9.93. The van der Waals surface area contributed by atoms with E-state index in [0.29, 0.717) is 51.6 Å². The second-order valence-electron chi connectivity index (χ2n) is 17.6. The van der Waals surface area contributed by atoms with Gasteiger partial charge >= 0.3 is 0 Å². The summed E-state index contributed by atoms with van der Waals surface area (Å²) in [6.45, 7) is 16.1. The average molecular weight is 864 g/mol. The topological polar surface area (TPSA) is 234 Å². The molecule has 2 amide bonds. The first-order chi connectivity index (χ1) is 25.7. The van der Waals surface area contributed by atoms with E-state index in [0.717, 1.165) is 64.2 Å². The lowest BCUT2D eigenvalue weighted by molar-refractivity contribution is -0.248. The number of amides is 2. The van der Waals surface area contributed by atoms with E-state index in [-0.39, 0.29) is 35.9 Å². The summed E-state index contributed by atoms with van der Waals surface area (Å²) >= 11 is 0. The molecule has 334 valence electrons. The number of phosphoric ester groups is 3. The van der Waals surface area contributed by atoms with Gasteiger partial charge in [0, 0.05) is 25.9 Å². The van der Waals surface area contributed by atoms with Crippen LogP contribution in [0.1, 0.15) is 165 Å². The highest BCUT2D eigenvalue weighted by Crippen LogP contribution is 2.47. The predicted octanol–water partition coefficient (Wildman–Crippen LogP) is 7.22. The summed E-state index contributed by atoms with van der Waals surface area (Å²) in [7, 11) is -15.0. The molecule has 0 aromatic heterocycles. The SMILES string of the molecule is CC(C)(C)CCCCC(=O)NCCCCCCOP(=O)([O-])OCC(COP(=O)([O-])OCCCCCCNC(=O)CCCCC(C)(C)C)OP(=O)([O-])OC(C)(C)C. The van der Waals surface area contributed by atoms with Crippen LogP contribution in [0.15, 0.2) is 0 Å². The van der Waals surface area contributed by atoms with Gasteiger partial charge in [-0.1, -0.05) is 80.1 Å². The van der Waals surface area contributed by atoms with Crippen molar-refractivity contribution in [2.45, 2.75) is 177 Å². The maximum absolute atomic E-state index is 12.5. The Hall–Kier alpha value is -0.730. The van der Waals surface area contributed by atoms with Crippen molar-refractivity contribution in [2.24, 2.45) is 10.8 Å². The van der Waals surface area contributed by atoms with Crippen molar-refractivity contribution in [1.29, 1.82) is 0 Å². The molecule has 0 aliphatic rings. The Labute approximate surface area is 337 Å². The summed E-state index contributed by atoms with van der Waals surface area (Å²) in [5, 5.41) is 5.78. The van der Waals surface area contributed by atoms with Gasteiger partial charge in [-0.05, 0) is 83.0 Å². The number of hydrogen-bond acceptors (Lipinski definition) is 14. The summed E-state index contributed by atoms with van der Waals surface area (Å²) in [4.78, 5) is 61.2. The third kappa shape index (κ3) is 37.5. The molecule has 56 heavy (non-hydrogen) atoms. The quantitative estimate of drug-likeness (QED) is 0.0490. The van der Waals surface area contributed by atoms with Crippen LogP contribution in [0, 0.1) is 10.8 Å². The number of carbonyl (C=O) groups excluding carboxylic acids is 2. The van der Waals surface area contributed by atoms with Gasteiger partial charge in [-0.3, -0.25) is 23.3 Å². The van der Waals surface area contributed by atoms with Crippen molar-refractivity contribution in [2.75, 3.05) is 39.5 Å². The smallest absolute Gasteiger partial charge is 0.268 e. The number of unbranched alkanes of at least 4 members (excludes halogenated alkanes) is 8. The van der Waals surface area contributed by atoms with Gasteiger partial charge in [0.15, 0.2) is 0 Å². The fourth-order valence-corrected chi connectivity index (χ4v) is 7.85. The maximum Gasteiger partial charge on any atom is 0.268 e. The van der Waals surface area contributed by atoms with E-state index in [2.05, 4.69) is 52.2 Å². The van der Waals surface area contributed by atoms with Crippen LogP contribution in [0.4, 0.5) is 0 Å². The van der Waals surface area contributed by atoms with Crippen molar-refractivity contribution in [3.8, 4) is 0 Å². The Morgan fingerprint density at radius 2 is 0.893 bits per heavy atom. The van der Waals surface area contributed by atoms with Gasteiger partial charge in [0.2, 0.25) is 11.8 Å². The minimum absolute atomic E-state index is 0.0157. The van der Waals surface area contributed by atoms with Crippen LogP contribution < -0.4 is 25.3 Å². The molecule has 0 aliphatic heterocycles. The van der Waals surface area contributed by atoms with E-state index in [1.165, 1.54) is 20.8 Å². The van der Waals surface area contributed by atoms with Gasteiger partial charge in [-0.25, -0.2) is 0 Å². The number of nitrogens with one attached hydrogen (secondary N) is 2. The Bertz CT molecular complexity index is 1160. The standard InChI is InChI=1S/C37H77N2O14P3/c1-35(2,3)24-16-14-22-33(40)38-26-18-10-12-20-28-48-54(42,43)50-30-32(52-56(46,47)53-37(7,8)9)31-51-55(44,45)49-29-21-13-11-19-27-39-34(41)23-15-17-25-36(4,5)6/h32H,10-31H2,1-9H3,(H,38,40)(H,39,41)(H,42,43)(H,44,45)(H,46,47)/p-3. The second kappa shape index (κ2) is 27.9. The Morgan fingerprint density at radius 3 is 1.25 bits per heavy atom. The lowest BCUT2D eigenvalue weighted by Crippen LogP contribution is -2.31. The molecule has 0 heterocycles. The maximum atomic E-state index is 12.5. The first-order valence-electron chi connectivity index (χ1n) is 20.1. The molecule has 0 fully saturated rings. The zero-order valence-electron chi connectivity index (χ0n) is 35.7. The van der Waals surface area contributed by atoms with Crippen LogP contribution in [-0.4, -0.2) is 63.0 Å². The second-order valence-corrected chi connectivity index (χ2v) is 21.7. The molecule has 0 aromatic carbocycles. The molecule has 0 saturated heterocycles. The van der Waals surface area contributed by atoms with E-state index < -0.39 is 48.4 Å². The van der Waals surface area contributed by atoms with Crippen molar-refractivity contribution >= 4 is 35.3 Å². The summed E-state index contributed by atoms with van der Waals surface area (Å²) in [5.74, 6) is 0.0314. The molecule has 0 radical (unpaired) electrons. The highest BCUT2D eigenvalue weighted by atomic mass is 31.2. The molecule has 0 saturated carbocycles. The lowest BCUT2D eigenvalue weighted by Gasteiger charge is -2.34. The molecule has 16 nitrogen and oxygen atoms in total. The molecule has 0 spiro atoms. The van der Waals surface area contributed by atoms with E-state index in [1.807, 2.05) is 0 Å². The molecule has 0 rings (SSSR count). The molecular weight excluding hydrogens is 789 g/mol. The van der Waals surface area contributed by atoms with Crippen LogP contribution in [0.3, 0.4) is 0 Å². The van der Waals surface area contributed by atoms with Crippen molar-refractivity contribution in [3.63, 3.8) is 0 Å². The molecule has 3 atom stereocenters. The van der Waals surface area contributed by atoms with Crippen molar-refractivity contribution in [3.05, 3.63) is 0 Å². The van der Waals surface area contributed by atoms with Gasteiger partial charge in [-0.2, -0.15) is 0 Å². The minimum Gasteiger partial charge on any atom is -0.756 e. The van der Waals surface area contributed by atoms with Gasteiger partial charge in [-0.15, -0.1) is 0 Å². The summed E-state index contributed by atoms with van der Waals surface area (Å²) in [6, 6.07) is 0. The van der Waals surface area contributed by atoms with Crippen molar-refractivity contribution in [1.82, 2.24) is 10.6 Å². The molecule has 3 unspecified atom stereocenters. The zero-order valence-corrected chi connectivity index (χ0v) is 38.4. The van der Waals surface area contributed by atoms with Crippen LogP contribution in [0.5, 0.6) is 0 Å². The first-order valence-corrected chi connectivity index (χ1v) is 24.5. The zero-order chi connectivity index (χ0) is 42.9. The largest absolute Gasteiger partial charge is 0.756 e. The van der Waals surface area contributed by atoms with Crippen molar-refractivity contribution < 1.29 is 65.1 Å². The highest BCUT2D eigenvalue weighted by Gasteiger charge is 2.27. The number of rotatable bonds is 33. The van der Waals surface area contributed by atoms with Crippen LogP contribution >= 0.6 is 23.5 Å². The third-order valence-corrected chi connectivity index (χ3v) is 11.2. The van der Waals surface area contributed by atoms with Gasteiger partial charge < -0.3 is 52.5 Å². The molecule has 0 bridgehead atoms. The highest BCUT2D eigenvalue weighted by molar-refractivity contribution is 7.46.